The zero-order valence-corrected chi connectivity index (χ0v) is 25.3. The fraction of sp³-hybridized carbons (Fsp3) is 0.344. The molecule has 0 radical (unpaired) electrons. The molecule has 2 atom stereocenters. The van der Waals surface area contributed by atoms with E-state index >= 15 is 0 Å². The van der Waals surface area contributed by atoms with Crippen molar-refractivity contribution in [2.45, 2.75) is 58.0 Å². The summed E-state index contributed by atoms with van der Waals surface area (Å²) in [5.41, 5.74) is -0.227. The molecule has 0 aliphatic carbocycles. The van der Waals surface area contributed by atoms with Crippen molar-refractivity contribution in [2.75, 3.05) is 13.2 Å². The number of carbonyl (C=O) groups excluding carboxylic acids is 3. The fourth-order valence-electron chi connectivity index (χ4n) is 2.98. The average molecular weight is 644 g/mol. The van der Waals surface area contributed by atoms with Crippen LogP contribution >= 0.6 is 0 Å². The number of aliphatic hydroxyl groups excluding tert-OH is 1. The molecule has 0 aliphatic heterocycles. The first kappa shape index (κ1) is 42.6. The van der Waals surface area contributed by atoms with Gasteiger partial charge in [-0.25, -0.2) is 0 Å². The summed E-state index contributed by atoms with van der Waals surface area (Å²) in [4.78, 5) is 35.5. The largest absolute Gasteiger partial charge is 0.416 e. The maximum Gasteiger partial charge on any atom is 0.416 e. The molecule has 0 unspecified atom stereocenters. The molecule has 7 nitrogen and oxygen atoms in total. The highest BCUT2D eigenvalue weighted by atomic mass is 19.4. The zero-order chi connectivity index (χ0) is 35.2. The molecule has 2 aromatic carbocycles. The van der Waals surface area contributed by atoms with Gasteiger partial charge in [0.2, 0.25) is 17.7 Å². The van der Waals surface area contributed by atoms with Gasteiger partial charge < -0.3 is 21.1 Å². The molecule has 0 aromatic heterocycles. The van der Waals surface area contributed by atoms with Crippen molar-refractivity contribution in [2.24, 2.45) is 0 Å². The number of hydrogen-bond donors (Lipinski definition) is 4. The number of terminal acetylenes is 1. The van der Waals surface area contributed by atoms with Crippen molar-refractivity contribution in [3.8, 4) is 12.8 Å². The van der Waals surface area contributed by atoms with E-state index in [0.717, 1.165) is 29.8 Å². The first-order chi connectivity index (χ1) is 21.0. The van der Waals surface area contributed by atoms with E-state index in [0.29, 0.717) is 12.0 Å². The molecule has 248 valence electrons. The van der Waals surface area contributed by atoms with E-state index < -0.39 is 53.8 Å². The Bertz CT molecular complexity index is 1200. The summed E-state index contributed by atoms with van der Waals surface area (Å²) in [6, 6.07) is 7.97. The van der Waals surface area contributed by atoms with Crippen LogP contribution in [0.4, 0.5) is 26.3 Å². The molecular weight excluding hydrogens is 604 g/mol. The van der Waals surface area contributed by atoms with E-state index in [4.69, 9.17) is 5.11 Å². The number of amides is 3. The predicted molar refractivity (Wildman–Crippen MR) is 162 cm³/mol. The number of alkyl halides is 6. The summed E-state index contributed by atoms with van der Waals surface area (Å²) < 4.78 is 73.7. The number of hydrogen-bond acceptors (Lipinski definition) is 4. The van der Waals surface area contributed by atoms with Gasteiger partial charge in [0.25, 0.3) is 0 Å². The number of aliphatic hydroxyl groups is 1. The Morgan fingerprint density at radius 1 is 0.844 bits per heavy atom. The number of carbonyl (C=O) groups is 3. The topological polar surface area (TPSA) is 108 Å². The number of rotatable bonds is 10. The highest BCUT2D eigenvalue weighted by Crippen LogP contribution is 2.29. The molecule has 13 heteroatoms. The third-order valence-electron chi connectivity index (χ3n) is 5.50. The van der Waals surface area contributed by atoms with E-state index in [9.17, 15) is 40.7 Å². The van der Waals surface area contributed by atoms with Crippen LogP contribution in [0.25, 0.3) is 0 Å². The average Bonchev–Trinajstić information content (AvgIpc) is 3.00. The third-order valence-corrected chi connectivity index (χ3v) is 5.50. The van der Waals surface area contributed by atoms with Gasteiger partial charge in [-0.1, -0.05) is 62.1 Å². The Labute approximate surface area is 259 Å². The van der Waals surface area contributed by atoms with Crippen molar-refractivity contribution in [1.82, 2.24) is 16.0 Å². The molecule has 0 spiro atoms. The second-order valence-corrected chi connectivity index (χ2v) is 9.11. The molecule has 0 saturated heterocycles. The fourth-order valence-corrected chi connectivity index (χ4v) is 2.98. The standard InChI is InChI=1S/C18H24F3N3O4.C8H7F3.C4H6.C2H2/c1-3-11(2)23-15(26)9-22-17(28)14(24-16(27)10-25)8-12-4-6-13(7-5-12)18(19,20)21;1-6-2-4-7(5-3-6)8(9,10)11;1-3-4-2;1-2/h4-7,11,14,25H,3,8-10H2,1-2H3,(H,22,28)(H,23,26)(H,24,27);2-5H,1H3;3-4H,1-2H2;1-2H/t11-,14+;;;/m0.../s1. The number of allylic oxidation sites excluding steroid dienone is 2. The van der Waals surface area contributed by atoms with Crippen LogP contribution in [-0.4, -0.2) is 48.1 Å². The van der Waals surface area contributed by atoms with Crippen LogP contribution < -0.4 is 16.0 Å². The lowest BCUT2D eigenvalue weighted by atomic mass is 10.0. The summed E-state index contributed by atoms with van der Waals surface area (Å²) >= 11 is 0. The Balaban J connectivity index is 0. The molecule has 0 aliphatic rings. The molecule has 2 rings (SSSR count). The molecule has 3 amide bonds. The number of halogens is 6. The second kappa shape index (κ2) is 22.0. The molecule has 0 bridgehead atoms. The lowest BCUT2D eigenvalue weighted by Gasteiger charge is -2.19. The van der Waals surface area contributed by atoms with E-state index in [1.54, 1.807) is 26.0 Å². The summed E-state index contributed by atoms with van der Waals surface area (Å²) in [6.45, 7) is 11.0. The van der Waals surface area contributed by atoms with Gasteiger partial charge >= 0.3 is 12.4 Å². The maximum atomic E-state index is 12.6. The smallest absolute Gasteiger partial charge is 0.387 e. The zero-order valence-electron chi connectivity index (χ0n) is 25.3. The van der Waals surface area contributed by atoms with Crippen LogP contribution in [0.1, 0.15) is 42.5 Å². The summed E-state index contributed by atoms with van der Waals surface area (Å²) in [7, 11) is 0. The van der Waals surface area contributed by atoms with Crippen LogP contribution in [0.3, 0.4) is 0 Å². The van der Waals surface area contributed by atoms with Gasteiger partial charge in [0.15, 0.2) is 0 Å². The third kappa shape index (κ3) is 19.4. The number of aryl methyl sites for hydroxylation is 1. The molecule has 0 heterocycles. The summed E-state index contributed by atoms with van der Waals surface area (Å²) in [5.74, 6) is -1.93. The van der Waals surface area contributed by atoms with Crippen LogP contribution in [0, 0.1) is 19.8 Å². The van der Waals surface area contributed by atoms with Crippen molar-refractivity contribution in [3.63, 3.8) is 0 Å². The van der Waals surface area contributed by atoms with Crippen molar-refractivity contribution in [3.05, 3.63) is 96.1 Å². The summed E-state index contributed by atoms with van der Waals surface area (Å²) in [6.07, 6.45) is 3.18. The Kier molecular flexibility index (Phi) is 20.8. The molecule has 0 fully saturated rings. The Hall–Kier alpha value is -4.57. The molecule has 2 aromatic rings. The van der Waals surface area contributed by atoms with E-state index in [1.807, 2.05) is 6.92 Å². The quantitative estimate of drug-likeness (QED) is 0.159. The molecule has 4 N–H and O–H groups in total. The normalized spacial score (nSPS) is 11.6. The van der Waals surface area contributed by atoms with E-state index in [1.165, 1.54) is 24.3 Å². The van der Waals surface area contributed by atoms with Gasteiger partial charge in [0.05, 0.1) is 17.7 Å². The van der Waals surface area contributed by atoms with E-state index in [-0.39, 0.29) is 19.0 Å². The van der Waals surface area contributed by atoms with Crippen LogP contribution in [0.5, 0.6) is 0 Å². The van der Waals surface area contributed by atoms with Gasteiger partial charge in [-0.2, -0.15) is 26.3 Å². The minimum Gasteiger partial charge on any atom is -0.387 e. The highest BCUT2D eigenvalue weighted by molar-refractivity contribution is 5.91. The van der Waals surface area contributed by atoms with Gasteiger partial charge in [-0.3, -0.25) is 14.4 Å². The maximum absolute atomic E-state index is 12.6. The molecular formula is C32H39F6N3O4. The number of benzene rings is 2. The first-order valence-corrected chi connectivity index (χ1v) is 13.3. The molecule has 0 saturated carbocycles. The monoisotopic (exact) mass is 643 g/mol. The second-order valence-electron chi connectivity index (χ2n) is 9.11. The highest BCUT2D eigenvalue weighted by Gasteiger charge is 2.31. The van der Waals surface area contributed by atoms with Crippen molar-refractivity contribution >= 4 is 17.7 Å². The first-order valence-electron chi connectivity index (χ1n) is 13.3. The Morgan fingerprint density at radius 2 is 1.29 bits per heavy atom. The molecule has 45 heavy (non-hydrogen) atoms. The van der Waals surface area contributed by atoms with Gasteiger partial charge in [0, 0.05) is 12.5 Å². The lowest BCUT2D eigenvalue weighted by Crippen LogP contribution is -2.51. The van der Waals surface area contributed by atoms with Crippen LogP contribution in [0.15, 0.2) is 73.8 Å². The Morgan fingerprint density at radius 3 is 1.67 bits per heavy atom. The predicted octanol–water partition coefficient (Wildman–Crippen LogP) is 5.38. The minimum absolute atomic E-state index is 0.0681. The number of nitrogens with one attached hydrogen (secondary N) is 3. The van der Waals surface area contributed by atoms with Crippen LogP contribution in [0.2, 0.25) is 0 Å². The van der Waals surface area contributed by atoms with Crippen molar-refractivity contribution < 1.29 is 45.8 Å². The van der Waals surface area contributed by atoms with E-state index in [2.05, 4.69) is 42.0 Å². The minimum atomic E-state index is -4.48. The van der Waals surface area contributed by atoms with Gasteiger partial charge in [0.1, 0.15) is 12.6 Å². The van der Waals surface area contributed by atoms with Gasteiger partial charge in [-0.15, -0.1) is 12.8 Å². The van der Waals surface area contributed by atoms with Crippen molar-refractivity contribution in [1.29, 1.82) is 0 Å². The van der Waals surface area contributed by atoms with Crippen LogP contribution in [-0.2, 0) is 33.2 Å². The van der Waals surface area contributed by atoms with Gasteiger partial charge in [-0.05, 0) is 50.1 Å². The lowest BCUT2D eigenvalue weighted by molar-refractivity contribution is -0.138. The SMILES string of the molecule is C#C.C=CC=C.CC[C@H](C)NC(=O)CNC(=O)[C@@H](Cc1ccc(C(F)(F)F)cc1)NC(=O)CO.Cc1ccc(C(F)(F)F)cc1. The summed E-state index contributed by atoms with van der Waals surface area (Å²) in [5, 5.41) is 16.2.